The number of carbonyl (C=O) groups excluding carboxylic acids is 2. The highest BCUT2D eigenvalue weighted by Crippen LogP contribution is 2.39. The van der Waals surface area contributed by atoms with Gasteiger partial charge in [0, 0.05) is 24.5 Å². The molecule has 0 heterocycles. The SMILES string of the molecule is CC(C)NC(=O)CNS(=O)(=O)CCC(=O)NC1C2CCCC1CC(N)C2.Cl. The Labute approximate surface area is 168 Å². The van der Waals surface area contributed by atoms with E-state index in [0.29, 0.717) is 11.8 Å². The number of hydrogen-bond acceptors (Lipinski definition) is 5. The summed E-state index contributed by atoms with van der Waals surface area (Å²) in [5, 5.41) is 5.64. The molecule has 8 nitrogen and oxygen atoms in total. The van der Waals surface area contributed by atoms with Crippen molar-refractivity contribution in [3.8, 4) is 0 Å². The maximum Gasteiger partial charge on any atom is 0.235 e. The number of amides is 2. The summed E-state index contributed by atoms with van der Waals surface area (Å²) in [4.78, 5) is 23.8. The number of fused-ring (bicyclic) bond motifs is 2. The Kier molecular flexibility index (Phi) is 9.47. The highest BCUT2D eigenvalue weighted by molar-refractivity contribution is 7.89. The van der Waals surface area contributed by atoms with Crippen molar-refractivity contribution in [2.75, 3.05) is 12.3 Å². The number of nitrogens with two attached hydrogens (primary N) is 1. The molecule has 2 amide bonds. The van der Waals surface area contributed by atoms with Crippen LogP contribution in [0.25, 0.3) is 0 Å². The topological polar surface area (TPSA) is 130 Å². The number of carbonyl (C=O) groups is 2. The Morgan fingerprint density at radius 2 is 1.70 bits per heavy atom. The molecule has 0 aromatic carbocycles. The van der Waals surface area contributed by atoms with E-state index in [2.05, 4.69) is 15.4 Å². The minimum Gasteiger partial charge on any atom is -0.353 e. The summed E-state index contributed by atoms with van der Waals surface area (Å²) >= 11 is 0. The summed E-state index contributed by atoms with van der Waals surface area (Å²) in [6.07, 6.45) is 5.05. The molecule has 2 aliphatic carbocycles. The van der Waals surface area contributed by atoms with Gasteiger partial charge in [-0.1, -0.05) is 6.42 Å². The summed E-state index contributed by atoms with van der Waals surface area (Å²) < 4.78 is 26.2. The van der Waals surface area contributed by atoms with E-state index in [1.54, 1.807) is 13.8 Å². The molecule has 2 aliphatic rings. The molecule has 0 saturated heterocycles. The first kappa shape index (κ1) is 24.1. The van der Waals surface area contributed by atoms with Gasteiger partial charge in [0.15, 0.2) is 0 Å². The number of hydrogen-bond donors (Lipinski definition) is 4. The van der Waals surface area contributed by atoms with Crippen LogP contribution in [-0.4, -0.2) is 50.7 Å². The van der Waals surface area contributed by atoms with Crippen molar-refractivity contribution in [1.82, 2.24) is 15.4 Å². The van der Waals surface area contributed by atoms with Crippen LogP contribution < -0.4 is 21.1 Å². The van der Waals surface area contributed by atoms with Gasteiger partial charge < -0.3 is 16.4 Å². The first-order valence-corrected chi connectivity index (χ1v) is 11.1. The van der Waals surface area contributed by atoms with Crippen LogP contribution in [0.1, 0.15) is 52.4 Å². The Hall–Kier alpha value is -0.900. The van der Waals surface area contributed by atoms with E-state index in [4.69, 9.17) is 5.73 Å². The van der Waals surface area contributed by atoms with Gasteiger partial charge in [0.25, 0.3) is 0 Å². The summed E-state index contributed by atoms with van der Waals surface area (Å²) in [5.74, 6) is -0.166. The lowest BCUT2D eigenvalue weighted by atomic mass is 9.67. The lowest BCUT2D eigenvalue weighted by Crippen LogP contribution is -2.54. The predicted molar refractivity (Wildman–Crippen MR) is 107 cm³/mol. The molecule has 0 aromatic rings. The van der Waals surface area contributed by atoms with Crippen LogP contribution in [0.4, 0.5) is 0 Å². The maximum absolute atomic E-state index is 12.2. The van der Waals surface area contributed by atoms with Crippen LogP contribution in [0, 0.1) is 11.8 Å². The molecule has 10 heteroatoms. The van der Waals surface area contributed by atoms with Gasteiger partial charge in [0.2, 0.25) is 21.8 Å². The zero-order chi connectivity index (χ0) is 19.3. The summed E-state index contributed by atoms with van der Waals surface area (Å²) in [7, 11) is -3.67. The average Bonchev–Trinajstić information content (AvgIpc) is 2.52. The van der Waals surface area contributed by atoms with Crippen molar-refractivity contribution in [2.24, 2.45) is 17.6 Å². The monoisotopic (exact) mass is 424 g/mol. The number of nitrogens with one attached hydrogen (secondary N) is 3. The molecule has 0 radical (unpaired) electrons. The molecule has 0 spiro atoms. The third kappa shape index (κ3) is 7.93. The van der Waals surface area contributed by atoms with E-state index < -0.39 is 10.0 Å². The van der Waals surface area contributed by atoms with Crippen molar-refractivity contribution < 1.29 is 18.0 Å². The molecule has 2 atom stereocenters. The first-order valence-electron chi connectivity index (χ1n) is 9.48. The standard InChI is InChI=1S/C17H32N4O4S.ClH/c1-11(2)20-16(23)10-19-26(24,25)7-6-15(22)21-17-12-4-3-5-13(17)9-14(18)8-12;/h11-14,17,19H,3-10,18H2,1-2H3,(H,20,23)(H,21,22);1H. The molecule has 2 unspecified atom stereocenters. The normalized spacial score (nSPS) is 27.6. The zero-order valence-corrected chi connectivity index (χ0v) is 17.7. The van der Waals surface area contributed by atoms with E-state index in [-0.39, 0.29) is 61.1 Å². The maximum atomic E-state index is 12.2. The highest BCUT2D eigenvalue weighted by Gasteiger charge is 2.39. The fourth-order valence-electron chi connectivity index (χ4n) is 4.13. The average molecular weight is 425 g/mol. The Morgan fingerprint density at radius 3 is 2.26 bits per heavy atom. The van der Waals surface area contributed by atoms with Gasteiger partial charge in [-0.2, -0.15) is 0 Å². The van der Waals surface area contributed by atoms with Gasteiger partial charge in [-0.15, -0.1) is 12.4 Å². The lowest BCUT2D eigenvalue weighted by molar-refractivity contribution is -0.123. The number of sulfonamides is 1. The fraction of sp³-hybridized carbons (Fsp3) is 0.882. The van der Waals surface area contributed by atoms with Crippen LogP contribution in [0.15, 0.2) is 0 Å². The molecule has 158 valence electrons. The molecule has 2 saturated carbocycles. The molecular weight excluding hydrogens is 392 g/mol. The lowest BCUT2D eigenvalue weighted by Gasteiger charge is -2.45. The third-order valence-electron chi connectivity index (χ3n) is 5.20. The highest BCUT2D eigenvalue weighted by atomic mass is 35.5. The molecule has 5 N–H and O–H groups in total. The Morgan fingerprint density at radius 1 is 1.11 bits per heavy atom. The second-order valence-electron chi connectivity index (χ2n) is 7.89. The van der Waals surface area contributed by atoms with Gasteiger partial charge >= 0.3 is 0 Å². The van der Waals surface area contributed by atoms with Gasteiger partial charge in [-0.3, -0.25) is 9.59 Å². The van der Waals surface area contributed by atoms with Gasteiger partial charge in [-0.25, -0.2) is 13.1 Å². The molecule has 0 aliphatic heterocycles. The first-order chi connectivity index (χ1) is 12.2. The van der Waals surface area contributed by atoms with Crippen LogP contribution in [0.3, 0.4) is 0 Å². The van der Waals surface area contributed by atoms with Gasteiger partial charge in [0.05, 0.1) is 12.3 Å². The van der Waals surface area contributed by atoms with Crippen LogP contribution >= 0.6 is 12.4 Å². The Bertz CT molecular complexity index is 600. The zero-order valence-electron chi connectivity index (χ0n) is 16.1. The van der Waals surface area contributed by atoms with Gasteiger partial charge in [-0.05, 0) is 51.4 Å². The van der Waals surface area contributed by atoms with E-state index in [9.17, 15) is 18.0 Å². The molecule has 2 fully saturated rings. The Balaban J connectivity index is 0.00000364. The van der Waals surface area contributed by atoms with E-state index in [1.807, 2.05) is 0 Å². The van der Waals surface area contributed by atoms with Crippen LogP contribution in [0.2, 0.25) is 0 Å². The summed E-state index contributed by atoms with van der Waals surface area (Å²) in [5.41, 5.74) is 6.09. The van der Waals surface area contributed by atoms with Crippen molar-refractivity contribution in [3.63, 3.8) is 0 Å². The minimum absolute atomic E-state index is 0. The predicted octanol–water partition coefficient (Wildman–Crippen LogP) is 0.265. The summed E-state index contributed by atoms with van der Waals surface area (Å²) in [6.45, 7) is 3.28. The quantitative estimate of drug-likeness (QED) is 0.444. The van der Waals surface area contributed by atoms with Crippen molar-refractivity contribution in [1.29, 1.82) is 0 Å². The van der Waals surface area contributed by atoms with Crippen LogP contribution in [-0.2, 0) is 19.6 Å². The molecular formula is C17H33ClN4O4S. The minimum atomic E-state index is -3.67. The van der Waals surface area contributed by atoms with Gasteiger partial charge in [0.1, 0.15) is 0 Å². The molecule has 0 aromatic heterocycles. The van der Waals surface area contributed by atoms with Crippen molar-refractivity contribution >= 4 is 34.2 Å². The second kappa shape index (κ2) is 10.6. The molecule has 2 rings (SSSR count). The largest absolute Gasteiger partial charge is 0.353 e. The number of halogens is 1. The van der Waals surface area contributed by atoms with Crippen molar-refractivity contribution in [3.05, 3.63) is 0 Å². The van der Waals surface area contributed by atoms with E-state index in [0.717, 1.165) is 25.7 Å². The second-order valence-corrected chi connectivity index (χ2v) is 9.81. The fourth-order valence-corrected chi connectivity index (χ4v) is 5.08. The van der Waals surface area contributed by atoms with Crippen LogP contribution in [0.5, 0.6) is 0 Å². The number of rotatable bonds is 8. The van der Waals surface area contributed by atoms with Crippen molar-refractivity contribution in [2.45, 2.75) is 70.5 Å². The van der Waals surface area contributed by atoms with E-state index in [1.165, 1.54) is 6.42 Å². The molecule has 2 bridgehead atoms. The smallest absolute Gasteiger partial charge is 0.235 e. The molecule has 27 heavy (non-hydrogen) atoms. The third-order valence-corrected chi connectivity index (χ3v) is 6.53. The van der Waals surface area contributed by atoms with E-state index >= 15 is 0 Å². The summed E-state index contributed by atoms with van der Waals surface area (Å²) in [6, 6.07) is 0.268.